The zero-order valence-electron chi connectivity index (χ0n) is 9.01. The van der Waals surface area contributed by atoms with Crippen LogP contribution in [0.5, 0.6) is 0 Å². The third kappa shape index (κ3) is 3.64. The fourth-order valence-corrected chi connectivity index (χ4v) is 1.28. The van der Waals surface area contributed by atoms with Gasteiger partial charge in [0.05, 0.1) is 23.8 Å². The van der Waals surface area contributed by atoms with Gasteiger partial charge in [-0.15, -0.1) is 0 Å². The first-order valence-corrected chi connectivity index (χ1v) is 5.23. The monoisotopic (exact) mass is 193 g/mol. The number of rotatable bonds is 6. The molecule has 3 heteroatoms. The van der Waals surface area contributed by atoms with Crippen molar-refractivity contribution in [1.82, 2.24) is 4.98 Å². The maximum Gasteiger partial charge on any atom is 0.0547 e. The zero-order chi connectivity index (χ0) is 10.2. The molecule has 1 aromatic rings. The van der Waals surface area contributed by atoms with Crippen LogP contribution < -0.4 is 10.6 Å². The molecule has 0 aliphatic carbocycles. The van der Waals surface area contributed by atoms with Crippen LogP contribution in [-0.4, -0.2) is 18.6 Å². The van der Waals surface area contributed by atoms with E-state index in [1.807, 2.05) is 19.4 Å². The van der Waals surface area contributed by atoms with E-state index in [-0.39, 0.29) is 0 Å². The second-order valence-electron chi connectivity index (χ2n) is 3.35. The number of nitrogens with one attached hydrogen (secondary N) is 2. The molecular formula is C11H19N3. The maximum atomic E-state index is 4.13. The van der Waals surface area contributed by atoms with E-state index in [1.165, 1.54) is 19.3 Å². The first-order valence-electron chi connectivity index (χ1n) is 5.23. The van der Waals surface area contributed by atoms with E-state index in [2.05, 4.69) is 28.6 Å². The van der Waals surface area contributed by atoms with Crippen molar-refractivity contribution in [3.8, 4) is 0 Å². The van der Waals surface area contributed by atoms with E-state index in [1.54, 1.807) is 0 Å². The van der Waals surface area contributed by atoms with Gasteiger partial charge in [0.2, 0.25) is 0 Å². The lowest BCUT2D eigenvalue weighted by molar-refractivity contribution is 0.743. The maximum absolute atomic E-state index is 4.13. The van der Waals surface area contributed by atoms with Crippen LogP contribution in [0.1, 0.15) is 26.2 Å². The van der Waals surface area contributed by atoms with Crippen LogP contribution in [-0.2, 0) is 0 Å². The molecule has 1 aromatic heterocycles. The summed E-state index contributed by atoms with van der Waals surface area (Å²) in [7, 11) is 1.90. The molecule has 0 fully saturated rings. The lowest BCUT2D eigenvalue weighted by Crippen LogP contribution is -2.02. The number of anilines is 2. The molecule has 0 unspecified atom stereocenters. The van der Waals surface area contributed by atoms with E-state index >= 15 is 0 Å². The Morgan fingerprint density at radius 2 is 2.00 bits per heavy atom. The van der Waals surface area contributed by atoms with Crippen LogP contribution in [0.4, 0.5) is 11.4 Å². The van der Waals surface area contributed by atoms with Crippen molar-refractivity contribution in [2.45, 2.75) is 26.2 Å². The second-order valence-corrected chi connectivity index (χ2v) is 3.35. The van der Waals surface area contributed by atoms with Gasteiger partial charge in [-0.3, -0.25) is 4.98 Å². The number of unbranched alkanes of at least 4 members (excludes halogenated alkanes) is 2. The van der Waals surface area contributed by atoms with Gasteiger partial charge < -0.3 is 10.6 Å². The fraction of sp³-hybridized carbons (Fsp3) is 0.545. The van der Waals surface area contributed by atoms with Crippen LogP contribution in [0.15, 0.2) is 18.5 Å². The Bertz CT molecular complexity index is 260. The molecule has 0 atom stereocenters. The van der Waals surface area contributed by atoms with Gasteiger partial charge in [-0.1, -0.05) is 19.8 Å². The molecule has 0 aliphatic rings. The Morgan fingerprint density at radius 3 is 2.71 bits per heavy atom. The number of aromatic nitrogens is 1. The molecule has 78 valence electrons. The van der Waals surface area contributed by atoms with Crippen molar-refractivity contribution in [2.75, 3.05) is 24.2 Å². The SMILES string of the molecule is CCCCCNc1cncc(NC)c1. The molecule has 3 nitrogen and oxygen atoms in total. The Labute approximate surface area is 85.9 Å². The summed E-state index contributed by atoms with van der Waals surface area (Å²) in [6.45, 7) is 3.24. The minimum absolute atomic E-state index is 1.03. The smallest absolute Gasteiger partial charge is 0.0547 e. The van der Waals surface area contributed by atoms with E-state index in [0.29, 0.717) is 0 Å². The first kappa shape index (κ1) is 10.8. The molecule has 0 aliphatic heterocycles. The van der Waals surface area contributed by atoms with Crippen molar-refractivity contribution in [2.24, 2.45) is 0 Å². The van der Waals surface area contributed by atoms with Crippen LogP contribution in [0, 0.1) is 0 Å². The average molecular weight is 193 g/mol. The quantitative estimate of drug-likeness (QED) is 0.682. The molecular weight excluding hydrogens is 174 g/mol. The molecule has 0 bridgehead atoms. The standard InChI is InChI=1S/C11H19N3/c1-3-4-5-6-14-11-7-10(12-2)8-13-9-11/h7-9,12,14H,3-6H2,1-2H3. The topological polar surface area (TPSA) is 37.0 Å². The number of hydrogen-bond donors (Lipinski definition) is 2. The van der Waals surface area contributed by atoms with Crippen molar-refractivity contribution >= 4 is 11.4 Å². The number of hydrogen-bond acceptors (Lipinski definition) is 3. The lowest BCUT2D eigenvalue weighted by Gasteiger charge is -2.06. The van der Waals surface area contributed by atoms with Crippen molar-refractivity contribution in [1.29, 1.82) is 0 Å². The normalized spacial score (nSPS) is 9.86. The lowest BCUT2D eigenvalue weighted by atomic mass is 10.2. The second kappa shape index (κ2) is 6.24. The molecule has 0 radical (unpaired) electrons. The summed E-state index contributed by atoms with van der Waals surface area (Å²) in [6, 6.07) is 2.07. The third-order valence-electron chi connectivity index (χ3n) is 2.14. The average Bonchev–Trinajstić information content (AvgIpc) is 2.25. The molecule has 0 saturated carbocycles. The molecule has 1 heterocycles. The summed E-state index contributed by atoms with van der Waals surface area (Å²) >= 11 is 0. The van der Waals surface area contributed by atoms with E-state index < -0.39 is 0 Å². The molecule has 0 aromatic carbocycles. The highest BCUT2D eigenvalue weighted by molar-refractivity contribution is 5.53. The van der Waals surface area contributed by atoms with Crippen molar-refractivity contribution in [3.05, 3.63) is 18.5 Å². The number of pyridine rings is 1. The van der Waals surface area contributed by atoms with Gasteiger partial charge in [-0.05, 0) is 12.5 Å². The minimum Gasteiger partial charge on any atom is -0.387 e. The van der Waals surface area contributed by atoms with Gasteiger partial charge in [0.15, 0.2) is 0 Å². The van der Waals surface area contributed by atoms with Crippen molar-refractivity contribution < 1.29 is 0 Å². The van der Waals surface area contributed by atoms with Gasteiger partial charge in [-0.25, -0.2) is 0 Å². The Kier molecular flexibility index (Phi) is 4.83. The van der Waals surface area contributed by atoms with Crippen molar-refractivity contribution in [3.63, 3.8) is 0 Å². The highest BCUT2D eigenvalue weighted by atomic mass is 14.9. The third-order valence-corrected chi connectivity index (χ3v) is 2.14. The highest BCUT2D eigenvalue weighted by Gasteiger charge is 1.93. The summed E-state index contributed by atoms with van der Waals surface area (Å²) < 4.78 is 0. The summed E-state index contributed by atoms with van der Waals surface area (Å²) in [5, 5.41) is 6.42. The summed E-state index contributed by atoms with van der Waals surface area (Å²) in [5.74, 6) is 0. The summed E-state index contributed by atoms with van der Waals surface area (Å²) in [5.41, 5.74) is 2.14. The Morgan fingerprint density at radius 1 is 1.21 bits per heavy atom. The number of nitrogens with zero attached hydrogens (tertiary/aromatic N) is 1. The minimum atomic E-state index is 1.03. The zero-order valence-corrected chi connectivity index (χ0v) is 9.01. The molecule has 0 spiro atoms. The van der Waals surface area contributed by atoms with Crippen LogP contribution >= 0.6 is 0 Å². The van der Waals surface area contributed by atoms with E-state index in [9.17, 15) is 0 Å². The van der Waals surface area contributed by atoms with Gasteiger partial charge in [0.25, 0.3) is 0 Å². The molecule has 1 rings (SSSR count). The van der Waals surface area contributed by atoms with Crippen LogP contribution in [0.3, 0.4) is 0 Å². The summed E-state index contributed by atoms with van der Waals surface area (Å²) in [6.07, 6.45) is 7.44. The largest absolute Gasteiger partial charge is 0.387 e. The predicted molar refractivity (Wildman–Crippen MR) is 61.8 cm³/mol. The first-order chi connectivity index (χ1) is 6.86. The molecule has 2 N–H and O–H groups in total. The van der Waals surface area contributed by atoms with Gasteiger partial charge in [0, 0.05) is 13.6 Å². The summed E-state index contributed by atoms with van der Waals surface area (Å²) in [4.78, 5) is 4.13. The van der Waals surface area contributed by atoms with Crippen LogP contribution in [0.2, 0.25) is 0 Å². The van der Waals surface area contributed by atoms with E-state index in [0.717, 1.165) is 17.9 Å². The van der Waals surface area contributed by atoms with Gasteiger partial charge in [-0.2, -0.15) is 0 Å². The van der Waals surface area contributed by atoms with E-state index in [4.69, 9.17) is 0 Å². The Balaban J connectivity index is 2.34. The predicted octanol–water partition coefficient (Wildman–Crippen LogP) is 2.73. The Hall–Kier alpha value is -1.25. The molecule has 0 amide bonds. The van der Waals surface area contributed by atoms with Gasteiger partial charge in [0.1, 0.15) is 0 Å². The molecule has 0 saturated heterocycles. The highest BCUT2D eigenvalue weighted by Crippen LogP contribution is 2.11. The van der Waals surface area contributed by atoms with Crippen LogP contribution in [0.25, 0.3) is 0 Å². The molecule has 14 heavy (non-hydrogen) atoms. The fourth-order valence-electron chi connectivity index (χ4n) is 1.28. The van der Waals surface area contributed by atoms with Gasteiger partial charge >= 0.3 is 0 Å².